The lowest BCUT2D eigenvalue weighted by Crippen LogP contribution is -2.33. The van der Waals surface area contributed by atoms with Crippen LogP contribution in [0.4, 0.5) is 8.78 Å². The Morgan fingerprint density at radius 2 is 2.17 bits per heavy atom. The van der Waals surface area contributed by atoms with Crippen molar-refractivity contribution in [1.82, 2.24) is 4.90 Å². The van der Waals surface area contributed by atoms with Crippen molar-refractivity contribution < 1.29 is 13.5 Å². The molecule has 0 radical (unpaired) electrons. The molecule has 1 unspecified atom stereocenters. The number of likely N-dealkylation sites (N-methyl/N-ethyl adjacent to an activating group) is 1. The molecular weight excluding hydrogens is 236 g/mol. The lowest BCUT2D eigenvalue weighted by Gasteiger charge is -2.27. The van der Waals surface area contributed by atoms with Crippen molar-refractivity contribution in [3.8, 4) is 0 Å². The normalized spacial score (nSPS) is 20.3. The highest BCUT2D eigenvalue weighted by molar-refractivity contribution is 5.18. The molecular formula is C14H19F2NO. The van der Waals surface area contributed by atoms with Crippen molar-refractivity contribution in [2.45, 2.75) is 31.9 Å². The fraction of sp³-hybridized carbons (Fsp3) is 0.571. The van der Waals surface area contributed by atoms with E-state index < -0.39 is 11.6 Å². The zero-order chi connectivity index (χ0) is 13.0. The van der Waals surface area contributed by atoms with Crippen LogP contribution in [0.3, 0.4) is 0 Å². The van der Waals surface area contributed by atoms with Crippen LogP contribution < -0.4 is 0 Å². The summed E-state index contributed by atoms with van der Waals surface area (Å²) in [6.45, 7) is 2.09. The van der Waals surface area contributed by atoms with E-state index in [1.165, 1.54) is 18.6 Å². The summed E-state index contributed by atoms with van der Waals surface area (Å²) in [5.74, 6) is -1.01. The Bertz CT molecular complexity index is 391. The van der Waals surface area contributed by atoms with E-state index in [4.69, 9.17) is 4.74 Å². The van der Waals surface area contributed by atoms with E-state index in [1.54, 1.807) is 0 Å². The molecule has 2 rings (SSSR count). The summed E-state index contributed by atoms with van der Waals surface area (Å²) in [6.07, 6.45) is 3.64. The smallest absolute Gasteiger partial charge is 0.130 e. The van der Waals surface area contributed by atoms with Crippen LogP contribution in [0, 0.1) is 11.6 Å². The molecule has 4 heteroatoms. The number of hydrogen-bond acceptors (Lipinski definition) is 2. The van der Waals surface area contributed by atoms with Crippen LogP contribution in [0.15, 0.2) is 18.2 Å². The van der Waals surface area contributed by atoms with Crippen LogP contribution in [0.2, 0.25) is 0 Å². The van der Waals surface area contributed by atoms with Gasteiger partial charge in [0.15, 0.2) is 0 Å². The highest BCUT2D eigenvalue weighted by Crippen LogP contribution is 2.16. The van der Waals surface area contributed by atoms with Gasteiger partial charge in [0.1, 0.15) is 11.6 Å². The first-order valence-electron chi connectivity index (χ1n) is 6.39. The van der Waals surface area contributed by atoms with Crippen molar-refractivity contribution in [1.29, 1.82) is 0 Å². The van der Waals surface area contributed by atoms with Crippen molar-refractivity contribution >= 4 is 0 Å². The van der Waals surface area contributed by atoms with E-state index in [-0.39, 0.29) is 6.10 Å². The summed E-state index contributed by atoms with van der Waals surface area (Å²) in [4.78, 5) is 2.02. The summed E-state index contributed by atoms with van der Waals surface area (Å²) in [5, 5.41) is 0. The Balaban J connectivity index is 1.87. The SMILES string of the molecule is CN(Cc1ccc(F)cc1F)CC1CCCCO1. The van der Waals surface area contributed by atoms with Gasteiger partial charge in [-0.2, -0.15) is 0 Å². The molecule has 1 aromatic rings. The van der Waals surface area contributed by atoms with Gasteiger partial charge in [-0.1, -0.05) is 6.07 Å². The summed E-state index contributed by atoms with van der Waals surface area (Å²) >= 11 is 0. The number of halogens is 2. The Morgan fingerprint density at radius 1 is 1.33 bits per heavy atom. The molecule has 1 heterocycles. The quantitative estimate of drug-likeness (QED) is 0.820. The minimum atomic E-state index is -0.533. The third-order valence-corrected chi connectivity index (χ3v) is 3.24. The molecule has 0 aromatic heterocycles. The number of nitrogens with zero attached hydrogens (tertiary/aromatic N) is 1. The van der Waals surface area contributed by atoms with Crippen LogP contribution in [0.1, 0.15) is 24.8 Å². The Labute approximate surface area is 107 Å². The number of hydrogen-bond donors (Lipinski definition) is 0. The molecule has 0 spiro atoms. The molecule has 1 fully saturated rings. The fourth-order valence-electron chi connectivity index (χ4n) is 2.30. The van der Waals surface area contributed by atoms with Gasteiger partial charge in [-0.05, 0) is 32.4 Å². The second-order valence-electron chi connectivity index (χ2n) is 4.92. The van der Waals surface area contributed by atoms with E-state index >= 15 is 0 Å². The largest absolute Gasteiger partial charge is 0.377 e. The van der Waals surface area contributed by atoms with E-state index in [1.807, 2.05) is 11.9 Å². The molecule has 1 aliphatic rings. The Hall–Kier alpha value is -1.00. The van der Waals surface area contributed by atoms with Crippen molar-refractivity contribution in [3.63, 3.8) is 0 Å². The maximum absolute atomic E-state index is 13.5. The first-order valence-corrected chi connectivity index (χ1v) is 6.39. The molecule has 100 valence electrons. The van der Waals surface area contributed by atoms with E-state index in [0.29, 0.717) is 12.1 Å². The van der Waals surface area contributed by atoms with Gasteiger partial charge in [0, 0.05) is 31.3 Å². The molecule has 1 saturated heterocycles. The predicted octanol–water partition coefficient (Wildman–Crippen LogP) is 2.97. The van der Waals surface area contributed by atoms with Crippen LogP contribution in [0.25, 0.3) is 0 Å². The van der Waals surface area contributed by atoms with E-state index in [2.05, 4.69) is 0 Å². The van der Waals surface area contributed by atoms with Crippen molar-refractivity contribution in [2.24, 2.45) is 0 Å². The topological polar surface area (TPSA) is 12.5 Å². The number of ether oxygens (including phenoxy) is 1. The van der Waals surface area contributed by atoms with Gasteiger partial charge < -0.3 is 4.74 Å². The molecule has 0 N–H and O–H groups in total. The number of rotatable bonds is 4. The van der Waals surface area contributed by atoms with Gasteiger partial charge in [-0.25, -0.2) is 8.78 Å². The van der Waals surface area contributed by atoms with Gasteiger partial charge in [0.05, 0.1) is 6.10 Å². The summed E-state index contributed by atoms with van der Waals surface area (Å²) < 4.78 is 31.9. The molecule has 18 heavy (non-hydrogen) atoms. The molecule has 1 atom stereocenters. The summed E-state index contributed by atoms with van der Waals surface area (Å²) in [6, 6.07) is 3.73. The first kappa shape index (κ1) is 13.4. The fourth-order valence-corrected chi connectivity index (χ4v) is 2.30. The van der Waals surface area contributed by atoms with Gasteiger partial charge in [-0.15, -0.1) is 0 Å². The Morgan fingerprint density at radius 3 is 2.83 bits per heavy atom. The summed E-state index contributed by atoms with van der Waals surface area (Å²) in [7, 11) is 1.93. The third kappa shape index (κ3) is 3.75. The standard InChI is InChI=1S/C14H19F2NO/c1-17(10-13-4-2-3-7-18-13)9-11-5-6-12(15)8-14(11)16/h5-6,8,13H,2-4,7,9-10H2,1H3. The van der Waals surface area contributed by atoms with Crippen LogP contribution >= 0.6 is 0 Å². The second-order valence-corrected chi connectivity index (χ2v) is 4.92. The van der Waals surface area contributed by atoms with Gasteiger partial charge in [-0.3, -0.25) is 4.90 Å². The molecule has 1 aliphatic heterocycles. The number of benzene rings is 1. The molecule has 0 amide bonds. The van der Waals surface area contributed by atoms with Gasteiger partial charge in [0.2, 0.25) is 0 Å². The highest BCUT2D eigenvalue weighted by atomic mass is 19.1. The molecule has 0 saturated carbocycles. The highest BCUT2D eigenvalue weighted by Gasteiger charge is 2.16. The molecule has 0 bridgehead atoms. The maximum atomic E-state index is 13.5. The lowest BCUT2D eigenvalue weighted by molar-refractivity contribution is -0.00272. The third-order valence-electron chi connectivity index (χ3n) is 3.24. The monoisotopic (exact) mass is 255 g/mol. The predicted molar refractivity (Wildman–Crippen MR) is 66.3 cm³/mol. The van der Waals surface area contributed by atoms with Crippen LogP contribution in [-0.4, -0.2) is 31.2 Å². The second kappa shape index (κ2) is 6.25. The molecule has 0 aliphatic carbocycles. The Kier molecular flexibility index (Phi) is 4.66. The minimum Gasteiger partial charge on any atom is -0.377 e. The van der Waals surface area contributed by atoms with Gasteiger partial charge >= 0.3 is 0 Å². The average Bonchev–Trinajstić information content (AvgIpc) is 2.34. The zero-order valence-corrected chi connectivity index (χ0v) is 10.7. The summed E-state index contributed by atoms with van der Waals surface area (Å²) in [5.41, 5.74) is 0.523. The van der Waals surface area contributed by atoms with Crippen molar-refractivity contribution in [3.05, 3.63) is 35.4 Å². The van der Waals surface area contributed by atoms with Crippen molar-refractivity contribution in [2.75, 3.05) is 20.2 Å². The maximum Gasteiger partial charge on any atom is 0.130 e. The van der Waals surface area contributed by atoms with E-state index in [9.17, 15) is 8.78 Å². The average molecular weight is 255 g/mol. The van der Waals surface area contributed by atoms with E-state index in [0.717, 1.165) is 32.1 Å². The molecule has 2 nitrogen and oxygen atoms in total. The van der Waals surface area contributed by atoms with Gasteiger partial charge in [0.25, 0.3) is 0 Å². The minimum absolute atomic E-state index is 0.243. The van der Waals surface area contributed by atoms with Crippen LogP contribution in [0.5, 0.6) is 0 Å². The molecule has 1 aromatic carbocycles. The zero-order valence-electron chi connectivity index (χ0n) is 10.7. The first-order chi connectivity index (χ1) is 8.65. The van der Waals surface area contributed by atoms with Crippen LogP contribution in [-0.2, 0) is 11.3 Å². The lowest BCUT2D eigenvalue weighted by atomic mass is 10.1.